The van der Waals surface area contributed by atoms with E-state index in [1.807, 2.05) is 42.2 Å². The van der Waals surface area contributed by atoms with Crippen molar-refractivity contribution in [1.82, 2.24) is 9.47 Å². The van der Waals surface area contributed by atoms with Crippen LogP contribution in [-0.2, 0) is 5.60 Å². The molecule has 3 aromatic rings. The second kappa shape index (κ2) is 8.50. The van der Waals surface area contributed by atoms with Crippen molar-refractivity contribution in [3.63, 3.8) is 0 Å². The molecule has 1 aromatic heterocycles. The van der Waals surface area contributed by atoms with Crippen molar-refractivity contribution in [2.45, 2.75) is 44.8 Å². The zero-order valence-corrected chi connectivity index (χ0v) is 19.4. The summed E-state index contributed by atoms with van der Waals surface area (Å²) in [6.07, 6.45) is 4.55. The van der Waals surface area contributed by atoms with E-state index in [0.29, 0.717) is 30.2 Å². The first-order valence-electron chi connectivity index (χ1n) is 11.6. The van der Waals surface area contributed by atoms with E-state index in [1.54, 1.807) is 13.2 Å². The minimum atomic E-state index is -0.416. The van der Waals surface area contributed by atoms with Crippen LogP contribution in [0, 0.1) is 0 Å². The van der Waals surface area contributed by atoms with Crippen LogP contribution >= 0.6 is 0 Å². The molecule has 1 spiro atoms. The van der Waals surface area contributed by atoms with Gasteiger partial charge in [-0.25, -0.2) is 0 Å². The summed E-state index contributed by atoms with van der Waals surface area (Å²) in [5.74, 6) is 2.14. The van der Waals surface area contributed by atoms with E-state index >= 15 is 0 Å². The Kier molecular flexibility index (Phi) is 5.52. The minimum absolute atomic E-state index is 0.00447. The molecular weight excluding hydrogens is 416 g/mol. The molecule has 2 aliphatic rings. The van der Waals surface area contributed by atoms with Crippen molar-refractivity contribution in [3.8, 4) is 22.9 Å². The monoisotopic (exact) mass is 446 g/mol. The molecular formula is C27H30N2O4. The number of carbonyl (C=O) groups excluding carboxylic acids is 1. The molecule has 1 atom stereocenters. The number of carbonyl (C=O) groups is 1. The van der Waals surface area contributed by atoms with Crippen LogP contribution in [0.15, 0.2) is 60.8 Å². The predicted molar refractivity (Wildman–Crippen MR) is 127 cm³/mol. The highest BCUT2D eigenvalue weighted by atomic mass is 16.5. The van der Waals surface area contributed by atoms with Gasteiger partial charge in [0.05, 0.1) is 24.6 Å². The van der Waals surface area contributed by atoms with Gasteiger partial charge in [-0.3, -0.25) is 4.79 Å². The number of ether oxygens (including phenoxy) is 3. The molecule has 0 saturated carbocycles. The van der Waals surface area contributed by atoms with Gasteiger partial charge in [0.15, 0.2) is 17.1 Å². The third-order valence-electron chi connectivity index (χ3n) is 6.82. The normalized spacial score (nSPS) is 17.0. The molecule has 1 fully saturated rings. The fourth-order valence-electron chi connectivity index (χ4n) is 4.78. The van der Waals surface area contributed by atoms with Crippen molar-refractivity contribution in [3.05, 3.63) is 72.1 Å². The quantitative estimate of drug-likeness (QED) is 0.541. The molecule has 0 aliphatic carbocycles. The van der Waals surface area contributed by atoms with Gasteiger partial charge < -0.3 is 23.7 Å². The second-order valence-electron chi connectivity index (χ2n) is 8.82. The number of methoxy groups -OCH3 is 1. The van der Waals surface area contributed by atoms with E-state index in [1.165, 1.54) is 0 Å². The van der Waals surface area contributed by atoms with Gasteiger partial charge in [0.25, 0.3) is 5.91 Å². The van der Waals surface area contributed by atoms with E-state index < -0.39 is 5.60 Å². The molecule has 172 valence electrons. The number of aromatic nitrogens is 1. The van der Waals surface area contributed by atoms with E-state index in [4.69, 9.17) is 14.2 Å². The summed E-state index contributed by atoms with van der Waals surface area (Å²) < 4.78 is 20.2. The lowest BCUT2D eigenvalue weighted by Crippen LogP contribution is -2.50. The number of hydrogen-bond acceptors (Lipinski definition) is 4. The van der Waals surface area contributed by atoms with Gasteiger partial charge in [0, 0.05) is 37.7 Å². The standard InChI is InChI=1S/C27H30N2O4/c1-4-19(2)32-23-12-11-20(18-24(23)31-3)26(30)28-16-13-27(14-17-28)25-10-7-15-29(25)21-8-5-6-9-22(21)33-27/h5-12,15,18-19H,4,13-14,16-17H2,1-3H3/t19-/m1/s1. The molecule has 2 aromatic carbocycles. The SMILES string of the molecule is CC[C@@H](C)Oc1ccc(C(=O)N2CCC3(CC2)Oc2ccccc2-n2cccc23)cc1OC. The third kappa shape index (κ3) is 3.73. The first-order valence-corrected chi connectivity index (χ1v) is 11.6. The number of para-hydroxylation sites is 2. The largest absolute Gasteiger partial charge is 0.493 e. The summed E-state index contributed by atoms with van der Waals surface area (Å²) in [5, 5.41) is 0. The maximum Gasteiger partial charge on any atom is 0.253 e. The lowest BCUT2D eigenvalue weighted by Gasteiger charge is -2.45. The average Bonchev–Trinajstić information content (AvgIpc) is 3.36. The number of rotatable bonds is 5. The lowest BCUT2D eigenvalue weighted by atomic mass is 9.86. The van der Waals surface area contributed by atoms with Crippen LogP contribution in [0.2, 0.25) is 0 Å². The van der Waals surface area contributed by atoms with Crippen molar-refractivity contribution in [1.29, 1.82) is 0 Å². The van der Waals surface area contributed by atoms with Gasteiger partial charge in [-0.05, 0) is 55.8 Å². The number of likely N-dealkylation sites (tertiary alicyclic amines) is 1. The highest BCUT2D eigenvalue weighted by molar-refractivity contribution is 5.95. The van der Waals surface area contributed by atoms with Crippen LogP contribution in [0.1, 0.15) is 49.2 Å². The number of nitrogens with zero attached hydrogens (tertiary/aromatic N) is 2. The smallest absolute Gasteiger partial charge is 0.253 e. The highest BCUT2D eigenvalue weighted by Gasteiger charge is 2.44. The van der Waals surface area contributed by atoms with Crippen LogP contribution in [-0.4, -0.2) is 41.7 Å². The van der Waals surface area contributed by atoms with Crippen LogP contribution < -0.4 is 14.2 Å². The van der Waals surface area contributed by atoms with E-state index in [2.05, 4.69) is 35.9 Å². The van der Waals surface area contributed by atoms with Gasteiger partial charge in [0.2, 0.25) is 0 Å². The third-order valence-corrected chi connectivity index (χ3v) is 6.82. The molecule has 3 heterocycles. The number of benzene rings is 2. The van der Waals surface area contributed by atoms with Crippen molar-refractivity contribution in [2.24, 2.45) is 0 Å². The van der Waals surface area contributed by atoms with E-state index in [0.717, 1.165) is 36.4 Å². The van der Waals surface area contributed by atoms with Gasteiger partial charge in [0.1, 0.15) is 5.75 Å². The van der Waals surface area contributed by atoms with Crippen LogP contribution in [0.5, 0.6) is 17.2 Å². The van der Waals surface area contributed by atoms with Gasteiger partial charge in [-0.1, -0.05) is 19.1 Å². The summed E-state index contributed by atoms with van der Waals surface area (Å²) in [5.41, 5.74) is 2.41. The maximum atomic E-state index is 13.3. The number of hydrogen-bond donors (Lipinski definition) is 0. The van der Waals surface area contributed by atoms with Crippen LogP contribution in [0.3, 0.4) is 0 Å². The van der Waals surface area contributed by atoms with Gasteiger partial charge >= 0.3 is 0 Å². The summed E-state index contributed by atoms with van der Waals surface area (Å²) >= 11 is 0. The fourth-order valence-corrected chi connectivity index (χ4v) is 4.78. The Bertz CT molecular complexity index is 1160. The molecule has 0 N–H and O–H groups in total. The van der Waals surface area contributed by atoms with Crippen molar-refractivity contribution < 1.29 is 19.0 Å². The van der Waals surface area contributed by atoms with E-state index in [9.17, 15) is 4.79 Å². The Balaban J connectivity index is 1.33. The minimum Gasteiger partial charge on any atom is -0.493 e. The molecule has 0 bridgehead atoms. The Hall–Kier alpha value is -3.41. The van der Waals surface area contributed by atoms with Crippen LogP contribution in [0.4, 0.5) is 0 Å². The molecule has 1 saturated heterocycles. The second-order valence-corrected chi connectivity index (χ2v) is 8.82. The summed E-state index contributed by atoms with van der Waals surface area (Å²) in [6.45, 7) is 5.34. The molecule has 1 amide bonds. The fraction of sp³-hybridized carbons (Fsp3) is 0.370. The number of piperidine rings is 1. The summed E-state index contributed by atoms with van der Waals surface area (Å²) in [4.78, 5) is 15.2. The maximum absolute atomic E-state index is 13.3. The first kappa shape index (κ1) is 21.4. The number of fused-ring (bicyclic) bond motifs is 4. The Morgan fingerprint density at radius 1 is 1.09 bits per heavy atom. The predicted octanol–water partition coefficient (Wildman–Crippen LogP) is 5.19. The molecule has 6 nitrogen and oxygen atoms in total. The van der Waals surface area contributed by atoms with E-state index in [-0.39, 0.29) is 12.0 Å². The zero-order chi connectivity index (χ0) is 23.0. The van der Waals surface area contributed by atoms with Crippen molar-refractivity contribution >= 4 is 5.91 Å². The molecule has 0 radical (unpaired) electrons. The number of amides is 1. The molecule has 2 aliphatic heterocycles. The van der Waals surface area contributed by atoms with Gasteiger partial charge in [-0.2, -0.15) is 0 Å². The van der Waals surface area contributed by atoms with Crippen LogP contribution in [0.25, 0.3) is 5.69 Å². The Labute approximate surface area is 194 Å². The first-order chi connectivity index (χ1) is 16.0. The molecule has 33 heavy (non-hydrogen) atoms. The summed E-state index contributed by atoms with van der Waals surface area (Å²) in [7, 11) is 1.60. The summed E-state index contributed by atoms with van der Waals surface area (Å²) in [6, 6.07) is 17.8. The van der Waals surface area contributed by atoms with Gasteiger partial charge in [-0.15, -0.1) is 0 Å². The molecule has 5 rings (SSSR count). The molecule has 0 unspecified atom stereocenters. The Morgan fingerprint density at radius 2 is 1.88 bits per heavy atom. The highest BCUT2D eigenvalue weighted by Crippen LogP contribution is 2.45. The van der Waals surface area contributed by atoms with Crippen molar-refractivity contribution in [2.75, 3.05) is 20.2 Å². The zero-order valence-electron chi connectivity index (χ0n) is 19.4. The lowest BCUT2D eigenvalue weighted by molar-refractivity contribution is -0.00931. The Morgan fingerprint density at radius 3 is 2.64 bits per heavy atom. The average molecular weight is 447 g/mol. The topological polar surface area (TPSA) is 52.9 Å². The molecule has 6 heteroatoms.